The summed E-state index contributed by atoms with van der Waals surface area (Å²) in [5.41, 5.74) is 1.35. The first kappa shape index (κ1) is 16.1. The normalized spacial score (nSPS) is 18.7. The smallest absolute Gasteiger partial charge is 0.317 e. The number of nitrogens with zero attached hydrogens (tertiary/aromatic N) is 2. The number of hydrogen-bond acceptors (Lipinski definition) is 3. The zero-order valence-electron chi connectivity index (χ0n) is 14.0. The molecule has 126 valence electrons. The lowest BCUT2D eigenvalue weighted by Crippen LogP contribution is -2.52. The number of ether oxygens (including phenoxy) is 1. The molecule has 5 nitrogen and oxygen atoms in total. The summed E-state index contributed by atoms with van der Waals surface area (Å²) in [5.74, 6) is 0.911. The van der Waals surface area contributed by atoms with Crippen molar-refractivity contribution in [1.29, 1.82) is 0 Å². The number of carbonyl (C=O) groups excluding carboxylic acids is 1. The van der Waals surface area contributed by atoms with Crippen molar-refractivity contribution in [2.24, 2.45) is 0 Å². The molecule has 1 heterocycles. The summed E-state index contributed by atoms with van der Waals surface area (Å²) in [5, 5.41) is 3.07. The standard InChI is InChI=1S/C18H27N3O2/c1-23-17-8-4-15(5-9-17)3-2-10-20-11-13-21(14-12-20)18(22)19-16-6-7-16/h4-5,8-9,16H,2-3,6-7,10-14H2,1H3,(H,19,22). The molecule has 2 aliphatic rings. The van der Waals surface area contributed by atoms with Crippen LogP contribution in [0, 0.1) is 0 Å². The summed E-state index contributed by atoms with van der Waals surface area (Å²) in [6.07, 6.45) is 4.54. The molecule has 23 heavy (non-hydrogen) atoms. The van der Waals surface area contributed by atoms with Gasteiger partial charge in [-0.1, -0.05) is 12.1 Å². The number of hydrogen-bond donors (Lipinski definition) is 1. The van der Waals surface area contributed by atoms with Crippen LogP contribution in [-0.2, 0) is 6.42 Å². The van der Waals surface area contributed by atoms with Crippen molar-refractivity contribution in [3.05, 3.63) is 29.8 Å². The Labute approximate surface area is 138 Å². The summed E-state index contributed by atoms with van der Waals surface area (Å²) >= 11 is 0. The van der Waals surface area contributed by atoms with E-state index in [1.54, 1.807) is 7.11 Å². The second-order valence-corrected chi connectivity index (χ2v) is 6.50. The molecule has 1 N–H and O–H groups in total. The van der Waals surface area contributed by atoms with E-state index >= 15 is 0 Å². The fraction of sp³-hybridized carbons (Fsp3) is 0.611. The quantitative estimate of drug-likeness (QED) is 0.874. The number of piperazine rings is 1. The van der Waals surface area contributed by atoms with E-state index in [9.17, 15) is 4.79 Å². The van der Waals surface area contributed by atoms with Gasteiger partial charge in [0.1, 0.15) is 5.75 Å². The molecule has 2 fully saturated rings. The van der Waals surface area contributed by atoms with Crippen LogP contribution in [0.1, 0.15) is 24.8 Å². The minimum absolute atomic E-state index is 0.130. The Morgan fingerprint density at radius 1 is 1.17 bits per heavy atom. The highest BCUT2D eigenvalue weighted by atomic mass is 16.5. The van der Waals surface area contributed by atoms with Gasteiger partial charge in [-0.05, 0) is 49.9 Å². The van der Waals surface area contributed by atoms with Gasteiger partial charge in [0, 0.05) is 32.2 Å². The fourth-order valence-electron chi connectivity index (χ4n) is 2.97. The summed E-state index contributed by atoms with van der Waals surface area (Å²) in [4.78, 5) is 16.4. The lowest BCUT2D eigenvalue weighted by atomic mass is 10.1. The van der Waals surface area contributed by atoms with Crippen molar-refractivity contribution in [3.8, 4) is 5.75 Å². The lowest BCUT2D eigenvalue weighted by Gasteiger charge is -2.34. The second kappa shape index (κ2) is 7.68. The monoisotopic (exact) mass is 317 g/mol. The Morgan fingerprint density at radius 3 is 2.48 bits per heavy atom. The van der Waals surface area contributed by atoms with Crippen LogP contribution in [0.15, 0.2) is 24.3 Å². The van der Waals surface area contributed by atoms with Crippen molar-refractivity contribution in [2.75, 3.05) is 39.8 Å². The highest BCUT2D eigenvalue weighted by molar-refractivity contribution is 5.75. The molecule has 1 aromatic carbocycles. The van der Waals surface area contributed by atoms with Gasteiger partial charge in [-0.3, -0.25) is 4.90 Å². The molecule has 0 bridgehead atoms. The van der Waals surface area contributed by atoms with Crippen molar-refractivity contribution >= 4 is 6.03 Å². The minimum Gasteiger partial charge on any atom is -0.497 e. The third-order valence-corrected chi connectivity index (χ3v) is 4.66. The molecule has 0 unspecified atom stereocenters. The number of amides is 2. The first-order valence-corrected chi connectivity index (χ1v) is 8.65. The number of aryl methyl sites for hydroxylation is 1. The van der Waals surface area contributed by atoms with E-state index in [1.165, 1.54) is 5.56 Å². The molecule has 0 radical (unpaired) electrons. The maximum Gasteiger partial charge on any atom is 0.317 e. The van der Waals surface area contributed by atoms with Gasteiger partial charge in [0.15, 0.2) is 0 Å². The average molecular weight is 317 g/mol. The van der Waals surface area contributed by atoms with Gasteiger partial charge in [0.2, 0.25) is 0 Å². The molecule has 0 atom stereocenters. The number of benzene rings is 1. The van der Waals surface area contributed by atoms with Gasteiger partial charge in [-0.15, -0.1) is 0 Å². The van der Waals surface area contributed by atoms with E-state index in [-0.39, 0.29) is 6.03 Å². The van der Waals surface area contributed by atoms with E-state index in [0.29, 0.717) is 6.04 Å². The largest absolute Gasteiger partial charge is 0.497 e. The van der Waals surface area contributed by atoms with Crippen LogP contribution in [0.2, 0.25) is 0 Å². The van der Waals surface area contributed by atoms with Gasteiger partial charge < -0.3 is 15.0 Å². The van der Waals surface area contributed by atoms with Crippen LogP contribution in [0.3, 0.4) is 0 Å². The van der Waals surface area contributed by atoms with Crippen molar-refractivity contribution in [2.45, 2.75) is 31.7 Å². The van der Waals surface area contributed by atoms with E-state index in [2.05, 4.69) is 22.3 Å². The Balaban J connectivity index is 1.33. The molecule has 5 heteroatoms. The SMILES string of the molecule is COc1ccc(CCCN2CCN(C(=O)NC3CC3)CC2)cc1. The third-order valence-electron chi connectivity index (χ3n) is 4.66. The van der Waals surface area contributed by atoms with E-state index in [1.807, 2.05) is 17.0 Å². The number of rotatable bonds is 6. The molecule has 0 aromatic heterocycles. The van der Waals surface area contributed by atoms with Gasteiger partial charge >= 0.3 is 6.03 Å². The molecule has 1 aliphatic heterocycles. The molecule has 1 saturated heterocycles. The molecular formula is C18H27N3O2. The van der Waals surface area contributed by atoms with Gasteiger partial charge in [0.25, 0.3) is 0 Å². The minimum atomic E-state index is 0.130. The third kappa shape index (κ3) is 4.86. The molecule has 1 aliphatic carbocycles. The summed E-state index contributed by atoms with van der Waals surface area (Å²) in [7, 11) is 1.69. The van der Waals surface area contributed by atoms with Crippen LogP contribution in [0.5, 0.6) is 5.75 Å². The van der Waals surface area contributed by atoms with Gasteiger partial charge in [-0.2, -0.15) is 0 Å². The maximum absolute atomic E-state index is 12.0. The maximum atomic E-state index is 12.0. The highest BCUT2D eigenvalue weighted by Gasteiger charge is 2.27. The van der Waals surface area contributed by atoms with Crippen LogP contribution in [0.4, 0.5) is 4.79 Å². The predicted molar refractivity (Wildman–Crippen MR) is 90.9 cm³/mol. The Kier molecular flexibility index (Phi) is 5.39. The number of urea groups is 1. The van der Waals surface area contributed by atoms with E-state index in [0.717, 1.165) is 64.2 Å². The first-order chi connectivity index (χ1) is 11.2. The Morgan fingerprint density at radius 2 is 1.87 bits per heavy atom. The summed E-state index contributed by atoms with van der Waals surface area (Å²) < 4.78 is 5.18. The molecule has 0 spiro atoms. The number of nitrogens with one attached hydrogen (secondary N) is 1. The van der Waals surface area contributed by atoms with Crippen molar-refractivity contribution in [3.63, 3.8) is 0 Å². The predicted octanol–water partition coefficient (Wildman–Crippen LogP) is 2.12. The summed E-state index contributed by atoms with van der Waals surface area (Å²) in [6, 6.07) is 8.90. The molecule has 1 saturated carbocycles. The molecular weight excluding hydrogens is 290 g/mol. The van der Waals surface area contributed by atoms with Crippen molar-refractivity contribution in [1.82, 2.24) is 15.1 Å². The van der Waals surface area contributed by atoms with E-state index < -0.39 is 0 Å². The van der Waals surface area contributed by atoms with Gasteiger partial charge in [-0.25, -0.2) is 4.79 Å². The fourth-order valence-corrected chi connectivity index (χ4v) is 2.97. The van der Waals surface area contributed by atoms with Gasteiger partial charge in [0.05, 0.1) is 7.11 Å². The highest BCUT2D eigenvalue weighted by Crippen LogP contribution is 2.19. The Hall–Kier alpha value is -1.75. The number of carbonyl (C=O) groups is 1. The first-order valence-electron chi connectivity index (χ1n) is 8.65. The summed E-state index contributed by atoms with van der Waals surface area (Å²) in [6.45, 7) is 4.77. The zero-order valence-corrected chi connectivity index (χ0v) is 14.0. The molecule has 1 aromatic rings. The van der Waals surface area contributed by atoms with Crippen LogP contribution >= 0.6 is 0 Å². The van der Waals surface area contributed by atoms with Crippen molar-refractivity contribution < 1.29 is 9.53 Å². The average Bonchev–Trinajstić information content (AvgIpc) is 3.40. The molecule has 2 amide bonds. The molecule has 3 rings (SSSR count). The van der Waals surface area contributed by atoms with Crippen LogP contribution in [0.25, 0.3) is 0 Å². The topological polar surface area (TPSA) is 44.8 Å². The number of methoxy groups -OCH3 is 1. The second-order valence-electron chi connectivity index (χ2n) is 6.50. The Bertz CT molecular complexity index is 506. The van der Waals surface area contributed by atoms with E-state index in [4.69, 9.17) is 4.74 Å². The van der Waals surface area contributed by atoms with Crippen LogP contribution < -0.4 is 10.1 Å². The van der Waals surface area contributed by atoms with Crippen LogP contribution in [-0.4, -0.2) is 61.7 Å². The lowest BCUT2D eigenvalue weighted by molar-refractivity contribution is 0.138. The zero-order chi connectivity index (χ0) is 16.1.